The Balaban J connectivity index is 2.26. The maximum Gasteiger partial charge on any atom is 0.417 e. The fraction of sp³-hybridized carbons (Fsp3) is 0.417. The van der Waals surface area contributed by atoms with E-state index in [1.165, 1.54) is 6.07 Å². The van der Waals surface area contributed by atoms with E-state index in [4.69, 9.17) is 0 Å². The van der Waals surface area contributed by atoms with Gasteiger partial charge in [0.05, 0.1) is 5.56 Å². The number of halogens is 3. The molecule has 0 nitrogen and oxygen atoms in total. The molecular weight excluding hydrogens is 201 g/mol. The van der Waals surface area contributed by atoms with Crippen molar-refractivity contribution in [2.45, 2.75) is 31.4 Å². The molecule has 15 heavy (non-hydrogen) atoms. The lowest BCUT2D eigenvalue weighted by atomic mass is 9.96. The monoisotopic (exact) mass is 212 g/mol. The molecule has 1 aromatic carbocycles. The number of hydrogen-bond donors (Lipinski definition) is 0. The van der Waals surface area contributed by atoms with Crippen LogP contribution in [0.25, 0.3) is 0 Å². The predicted octanol–water partition coefficient (Wildman–Crippen LogP) is 3.98. The Morgan fingerprint density at radius 3 is 2.67 bits per heavy atom. The van der Waals surface area contributed by atoms with E-state index in [1.54, 1.807) is 6.07 Å². The van der Waals surface area contributed by atoms with Gasteiger partial charge in [-0.3, -0.25) is 0 Å². The third kappa shape index (κ3) is 2.33. The van der Waals surface area contributed by atoms with Gasteiger partial charge in [-0.15, -0.1) is 0 Å². The highest BCUT2D eigenvalue weighted by Crippen LogP contribution is 2.36. The van der Waals surface area contributed by atoms with Gasteiger partial charge in [-0.1, -0.05) is 18.6 Å². The molecule has 1 unspecified atom stereocenters. The minimum atomic E-state index is -4.28. The van der Waals surface area contributed by atoms with Crippen LogP contribution in [-0.4, -0.2) is 0 Å². The summed E-state index contributed by atoms with van der Waals surface area (Å²) in [5.41, 5.74) is 0.00243. The van der Waals surface area contributed by atoms with E-state index in [0.29, 0.717) is 5.56 Å². The highest BCUT2D eigenvalue weighted by Gasteiger charge is 2.31. The first-order chi connectivity index (χ1) is 7.07. The standard InChI is InChI=1S/C12H11F3/c13-12(14,15)11-7-3-6-10(8-11)9-4-1-2-5-9/h3-4,6-7,9H,1-2,5H2. The average Bonchev–Trinajstić information content (AvgIpc) is 2.69. The Kier molecular flexibility index (Phi) is 2.72. The Morgan fingerprint density at radius 1 is 1.27 bits per heavy atom. The maximum atomic E-state index is 12.4. The van der Waals surface area contributed by atoms with Crippen molar-refractivity contribution < 1.29 is 13.2 Å². The number of rotatable bonds is 1. The van der Waals surface area contributed by atoms with Crippen LogP contribution in [0.4, 0.5) is 13.2 Å². The second-order valence-electron chi connectivity index (χ2n) is 3.79. The van der Waals surface area contributed by atoms with Gasteiger partial charge in [-0.05, 0) is 42.9 Å². The number of benzene rings is 1. The van der Waals surface area contributed by atoms with Crippen molar-refractivity contribution in [2.75, 3.05) is 0 Å². The first-order valence-corrected chi connectivity index (χ1v) is 5.00. The van der Waals surface area contributed by atoms with Crippen LogP contribution in [0, 0.1) is 12.5 Å². The average molecular weight is 212 g/mol. The SMILES string of the molecule is FC(F)(F)c1[c]c(C2[CH]CCC2)ccc1. The molecule has 1 atom stereocenters. The van der Waals surface area contributed by atoms with Crippen LogP contribution < -0.4 is 0 Å². The van der Waals surface area contributed by atoms with E-state index in [-0.39, 0.29) is 5.92 Å². The molecule has 0 saturated heterocycles. The molecule has 3 heteroatoms. The topological polar surface area (TPSA) is 0 Å². The van der Waals surface area contributed by atoms with Crippen LogP contribution in [-0.2, 0) is 6.18 Å². The normalized spacial score (nSPS) is 18.3. The lowest BCUT2D eigenvalue weighted by Crippen LogP contribution is -2.06. The third-order valence-electron chi connectivity index (χ3n) is 2.69. The molecule has 2 rings (SSSR count). The first-order valence-electron chi connectivity index (χ1n) is 5.00. The quantitative estimate of drug-likeness (QED) is 0.660. The van der Waals surface area contributed by atoms with Crippen molar-refractivity contribution in [3.8, 4) is 0 Å². The molecule has 0 bridgehead atoms. The summed E-state index contributed by atoms with van der Waals surface area (Å²) in [6, 6.07) is 6.72. The van der Waals surface area contributed by atoms with Gasteiger partial charge < -0.3 is 0 Å². The number of alkyl halides is 3. The van der Waals surface area contributed by atoms with Gasteiger partial charge in [0, 0.05) is 0 Å². The van der Waals surface area contributed by atoms with Gasteiger partial charge in [0.25, 0.3) is 0 Å². The van der Waals surface area contributed by atoms with Gasteiger partial charge in [0.2, 0.25) is 0 Å². The molecule has 1 aliphatic carbocycles. The Hall–Kier alpha value is -0.990. The molecule has 0 spiro atoms. The minimum Gasteiger partial charge on any atom is -0.166 e. The van der Waals surface area contributed by atoms with Gasteiger partial charge in [0.15, 0.2) is 0 Å². The smallest absolute Gasteiger partial charge is 0.166 e. The van der Waals surface area contributed by atoms with Crippen LogP contribution >= 0.6 is 0 Å². The fourth-order valence-electron chi connectivity index (χ4n) is 1.93. The number of hydrogen-bond acceptors (Lipinski definition) is 0. The summed E-state index contributed by atoms with van der Waals surface area (Å²) in [6.07, 6.45) is 0.794. The zero-order valence-corrected chi connectivity index (χ0v) is 8.14. The molecule has 80 valence electrons. The van der Waals surface area contributed by atoms with Crippen molar-refractivity contribution in [2.24, 2.45) is 0 Å². The zero-order valence-electron chi connectivity index (χ0n) is 8.14. The predicted molar refractivity (Wildman–Crippen MR) is 51.2 cm³/mol. The molecule has 0 aliphatic heterocycles. The molecule has 1 aromatic rings. The summed E-state index contributed by atoms with van der Waals surface area (Å²) in [7, 11) is 0. The van der Waals surface area contributed by atoms with Crippen molar-refractivity contribution in [1.82, 2.24) is 0 Å². The van der Waals surface area contributed by atoms with Crippen molar-refractivity contribution in [3.63, 3.8) is 0 Å². The molecule has 2 radical (unpaired) electrons. The van der Waals surface area contributed by atoms with Crippen LogP contribution in [0.5, 0.6) is 0 Å². The molecule has 0 amide bonds. The van der Waals surface area contributed by atoms with E-state index in [9.17, 15) is 13.2 Å². The lowest BCUT2D eigenvalue weighted by Gasteiger charge is -2.12. The zero-order chi connectivity index (χ0) is 10.9. The summed E-state index contributed by atoms with van der Waals surface area (Å²) in [6.45, 7) is 0. The second kappa shape index (κ2) is 3.87. The molecule has 0 aromatic heterocycles. The van der Waals surface area contributed by atoms with Gasteiger partial charge in [-0.2, -0.15) is 13.2 Å². The van der Waals surface area contributed by atoms with Crippen LogP contribution in [0.2, 0.25) is 0 Å². The fourth-order valence-corrected chi connectivity index (χ4v) is 1.93. The Labute approximate surface area is 87.1 Å². The van der Waals surface area contributed by atoms with Gasteiger partial charge in [0.1, 0.15) is 0 Å². The van der Waals surface area contributed by atoms with Crippen molar-refractivity contribution in [3.05, 3.63) is 41.8 Å². The van der Waals surface area contributed by atoms with E-state index in [0.717, 1.165) is 25.3 Å². The van der Waals surface area contributed by atoms with Crippen LogP contribution in [0.15, 0.2) is 18.2 Å². The third-order valence-corrected chi connectivity index (χ3v) is 2.69. The Bertz CT molecular complexity index is 335. The van der Waals surface area contributed by atoms with Crippen LogP contribution in [0.3, 0.4) is 0 Å². The van der Waals surface area contributed by atoms with Crippen molar-refractivity contribution >= 4 is 0 Å². The summed E-state index contributed by atoms with van der Waals surface area (Å²) >= 11 is 0. The minimum absolute atomic E-state index is 0.160. The lowest BCUT2D eigenvalue weighted by molar-refractivity contribution is -0.137. The van der Waals surface area contributed by atoms with E-state index < -0.39 is 11.7 Å². The highest BCUT2D eigenvalue weighted by molar-refractivity contribution is 5.29. The van der Waals surface area contributed by atoms with E-state index in [1.807, 2.05) is 0 Å². The summed E-state index contributed by atoms with van der Waals surface area (Å²) < 4.78 is 37.2. The maximum absolute atomic E-state index is 12.4. The molecule has 0 heterocycles. The largest absolute Gasteiger partial charge is 0.417 e. The van der Waals surface area contributed by atoms with Gasteiger partial charge >= 0.3 is 6.18 Å². The summed E-state index contributed by atoms with van der Waals surface area (Å²) in [5, 5.41) is 0. The summed E-state index contributed by atoms with van der Waals surface area (Å²) in [5.74, 6) is 0.160. The van der Waals surface area contributed by atoms with E-state index >= 15 is 0 Å². The molecule has 1 saturated carbocycles. The van der Waals surface area contributed by atoms with E-state index in [2.05, 4.69) is 12.5 Å². The van der Waals surface area contributed by atoms with Gasteiger partial charge in [-0.25, -0.2) is 0 Å². The first kappa shape index (κ1) is 10.5. The highest BCUT2D eigenvalue weighted by atomic mass is 19.4. The molecule has 1 aliphatic rings. The molecular formula is C12H11F3. The second-order valence-corrected chi connectivity index (χ2v) is 3.79. The van der Waals surface area contributed by atoms with Crippen LogP contribution in [0.1, 0.15) is 36.3 Å². The molecule has 1 fully saturated rings. The summed E-state index contributed by atoms with van der Waals surface area (Å²) in [4.78, 5) is 0. The Morgan fingerprint density at radius 2 is 2.07 bits per heavy atom. The molecule has 0 N–H and O–H groups in total. The van der Waals surface area contributed by atoms with Crippen molar-refractivity contribution in [1.29, 1.82) is 0 Å².